The molecular formula is C16H12F2N2O. The summed E-state index contributed by atoms with van der Waals surface area (Å²) in [6.45, 7) is 0. The second-order valence-electron chi connectivity index (χ2n) is 4.49. The minimum Gasteiger partial charge on any atom is -0.314 e. The van der Waals surface area contributed by atoms with Crippen molar-refractivity contribution in [2.24, 2.45) is 0 Å². The predicted octanol–water partition coefficient (Wildman–Crippen LogP) is 3.04. The van der Waals surface area contributed by atoms with Gasteiger partial charge in [-0.25, -0.2) is 8.78 Å². The molecule has 0 atom stereocenters. The van der Waals surface area contributed by atoms with Gasteiger partial charge in [-0.05, 0) is 23.8 Å². The Morgan fingerprint density at radius 1 is 1.24 bits per heavy atom. The molecule has 0 fully saturated rings. The van der Waals surface area contributed by atoms with Crippen LogP contribution in [0.5, 0.6) is 0 Å². The van der Waals surface area contributed by atoms with Crippen LogP contribution < -0.4 is 4.90 Å². The zero-order chi connectivity index (χ0) is 15.4. The highest BCUT2D eigenvalue weighted by atomic mass is 19.1. The first-order valence-electron chi connectivity index (χ1n) is 6.22. The van der Waals surface area contributed by atoms with Gasteiger partial charge in [0.15, 0.2) is 0 Å². The van der Waals surface area contributed by atoms with E-state index in [1.165, 1.54) is 18.0 Å². The lowest BCUT2D eigenvalue weighted by atomic mass is 10.1. The number of anilines is 1. The molecular weight excluding hydrogens is 274 g/mol. The summed E-state index contributed by atoms with van der Waals surface area (Å²) in [5, 5.41) is 9.02. The number of hydrogen-bond donors (Lipinski definition) is 0. The maximum absolute atomic E-state index is 13.6. The zero-order valence-electron chi connectivity index (χ0n) is 11.3. The molecule has 0 aromatic heterocycles. The van der Waals surface area contributed by atoms with Crippen LogP contribution in [-0.2, 0) is 11.2 Å². The van der Waals surface area contributed by atoms with Crippen molar-refractivity contribution in [1.82, 2.24) is 0 Å². The fourth-order valence-corrected chi connectivity index (χ4v) is 1.94. The molecule has 2 aromatic rings. The quantitative estimate of drug-likeness (QED) is 0.870. The second-order valence-corrected chi connectivity index (χ2v) is 4.49. The normalized spacial score (nSPS) is 10.0. The minimum atomic E-state index is -0.759. The number of carbonyl (C=O) groups is 1. The van der Waals surface area contributed by atoms with Crippen molar-refractivity contribution in [3.05, 3.63) is 65.2 Å². The van der Waals surface area contributed by atoms with Gasteiger partial charge >= 0.3 is 0 Å². The summed E-state index contributed by atoms with van der Waals surface area (Å²) in [5.41, 5.74) is 0.920. The summed E-state index contributed by atoms with van der Waals surface area (Å²) in [7, 11) is 1.51. The molecule has 0 saturated heterocycles. The number of halogens is 2. The third-order valence-corrected chi connectivity index (χ3v) is 3.12. The highest BCUT2D eigenvalue weighted by Gasteiger charge is 2.16. The number of hydrogen-bond acceptors (Lipinski definition) is 2. The molecule has 106 valence electrons. The van der Waals surface area contributed by atoms with Crippen molar-refractivity contribution in [1.29, 1.82) is 5.26 Å². The van der Waals surface area contributed by atoms with E-state index in [0.717, 1.165) is 12.1 Å². The number of carbonyl (C=O) groups excluding carboxylic acids is 1. The van der Waals surface area contributed by atoms with E-state index in [1.807, 2.05) is 6.07 Å². The largest absolute Gasteiger partial charge is 0.314 e. The molecule has 0 spiro atoms. The van der Waals surface area contributed by atoms with E-state index in [1.54, 1.807) is 24.3 Å². The van der Waals surface area contributed by atoms with Crippen LogP contribution in [0.15, 0.2) is 42.5 Å². The van der Waals surface area contributed by atoms with Gasteiger partial charge in [-0.1, -0.05) is 18.2 Å². The summed E-state index contributed by atoms with van der Waals surface area (Å²) >= 11 is 0. The lowest BCUT2D eigenvalue weighted by Crippen LogP contribution is -2.28. The summed E-state index contributed by atoms with van der Waals surface area (Å²) in [6.07, 6.45) is -0.206. The highest BCUT2D eigenvalue weighted by molar-refractivity contribution is 5.95. The molecule has 21 heavy (non-hydrogen) atoms. The number of nitriles is 1. The first-order valence-corrected chi connectivity index (χ1v) is 6.22. The molecule has 0 saturated carbocycles. The van der Waals surface area contributed by atoms with Gasteiger partial charge < -0.3 is 4.90 Å². The van der Waals surface area contributed by atoms with E-state index < -0.39 is 11.6 Å². The van der Waals surface area contributed by atoms with Crippen molar-refractivity contribution in [3.8, 4) is 6.07 Å². The number of para-hydroxylation sites is 1. The highest BCUT2D eigenvalue weighted by Crippen LogP contribution is 2.19. The maximum Gasteiger partial charge on any atom is 0.231 e. The molecule has 0 radical (unpaired) electrons. The number of amides is 1. The molecule has 2 aromatic carbocycles. The molecule has 0 aliphatic heterocycles. The molecule has 2 rings (SSSR count). The van der Waals surface area contributed by atoms with E-state index >= 15 is 0 Å². The SMILES string of the molecule is CN(C(=O)Cc1ccc(F)cc1F)c1ccccc1C#N. The minimum absolute atomic E-state index is 0.114. The van der Waals surface area contributed by atoms with E-state index in [2.05, 4.69) is 0 Å². The Bertz CT molecular complexity index is 722. The lowest BCUT2D eigenvalue weighted by Gasteiger charge is -2.18. The molecule has 0 N–H and O–H groups in total. The topological polar surface area (TPSA) is 44.1 Å². The Morgan fingerprint density at radius 2 is 1.95 bits per heavy atom. The number of rotatable bonds is 3. The van der Waals surface area contributed by atoms with Gasteiger partial charge in [0.05, 0.1) is 17.7 Å². The van der Waals surface area contributed by atoms with Gasteiger partial charge in [0.2, 0.25) is 5.91 Å². The van der Waals surface area contributed by atoms with E-state index in [0.29, 0.717) is 11.3 Å². The standard InChI is InChI=1S/C16H12F2N2O/c1-20(15-5-3-2-4-12(15)10-19)16(21)8-11-6-7-13(17)9-14(11)18/h2-7,9H,8H2,1H3. The van der Waals surface area contributed by atoms with Crippen LogP contribution in [0, 0.1) is 23.0 Å². The number of nitrogens with zero attached hydrogens (tertiary/aromatic N) is 2. The average Bonchev–Trinajstić information content (AvgIpc) is 2.49. The van der Waals surface area contributed by atoms with E-state index in [9.17, 15) is 13.6 Å². The van der Waals surface area contributed by atoms with Crippen molar-refractivity contribution < 1.29 is 13.6 Å². The van der Waals surface area contributed by atoms with Gasteiger partial charge in [0.25, 0.3) is 0 Å². The second kappa shape index (κ2) is 6.14. The molecule has 0 aliphatic carbocycles. The van der Waals surface area contributed by atoms with E-state index in [4.69, 9.17) is 5.26 Å². The third kappa shape index (κ3) is 3.23. The molecule has 3 nitrogen and oxygen atoms in total. The third-order valence-electron chi connectivity index (χ3n) is 3.12. The summed E-state index contributed by atoms with van der Waals surface area (Å²) < 4.78 is 26.4. The first-order chi connectivity index (χ1) is 10.0. The van der Waals surface area contributed by atoms with Crippen molar-refractivity contribution in [3.63, 3.8) is 0 Å². The van der Waals surface area contributed by atoms with Crippen molar-refractivity contribution >= 4 is 11.6 Å². The van der Waals surface area contributed by atoms with Gasteiger partial charge in [-0.2, -0.15) is 5.26 Å². The van der Waals surface area contributed by atoms with Crippen molar-refractivity contribution in [2.75, 3.05) is 11.9 Å². The van der Waals surface area contributed by atoms with Crippen molar-refractivity contribution in [2.45, 2.75) is 6.42 Å². The van der Waals surface area contributed by atoms with Crippen LogP contribution in [-0.4, -0.2) is 13.0 Å². The van der Waals surface area contributed by atoms with Crippen LogP contribution >= 0.6 is 0 Å². The molecule has 1 amide bonds. The Kier molecular flexibility index (Phi) is 4.29. The maximum atomic E-state index is 13.6. The first kappa shape index (κ1) is 14.7. The Morgan fingerprint density at radius 3 is 2.62 bits per heavy atom. The zero-order valence-corrected chi connectivity index (χ0v) is 11.3. The monoisotopic (exact) mass is 286 g/mol. The molecule has 0 heterocycles. The number of likely N-dealkylation sites (N-methyl/N-ethyl adjacent to an activating group) is 1. The summed E-state index contributed by atoms with van der Waals surface area (Å²) in [6, 6.07) is 11.7. The van der Waals surface area contributed by atoms with E-state index in [-0.39, 0.29) is 17.9 Å². The summed E-state index contributed by atoms with van der Waals surface area (Å²) in [5.74, 6) is -1.83. The van der Waals surface area contributed by atoms with Gasteiger partial charge in [0, 0.05) is 13.1 Å². The van der Waals surface area contributed by atoms with Crippen LogP contribution in [0.3, 0.4) is 0 Å². The van der Waals surface area contributed by atoms with Gasteiger partial charge in [0.1, 0.15) is 17.7 Å². The predicted molar refractivity (Wildman–Crippen MR) is 74.6 cm³/mol. The van der Waals surface area contributed by atoms with Gasteiger partial charge in [-0.3, -0.25) is 4.79 Å². The Labute approximate surface area is 121 Å². The molecule has 0 aliphatic rings. The Balaban J connectivity index is 2.22. The number of benzene rings is 2. The Hall–Kier alpha value is -2.74. The van der Waals surface area contributed by atoms with Gasteiger partial charge in [-0.15, -0.1) is 0 Å². The summed E-state index contributed by atoms with van der Waals surface area (Å²) in [4.78, 5) is 13.5. The molecule has 5 heteroatoms. The fraction of sp³-hybridized carbons (Fsp3) is 0.125. The van der Waals surface area contributed by atoms with Crippen LogP contribution in [0.1, 0.15) is 11.1 Å². The van der Waals surface area contributed by atoms with Crippen LogP contribution in [0.25, 0.3) is 0 Å². The molecule has 0 unspecified atom stereocenters. The van der Waals surface area contributed by atoms with Crippen LogP contribution in [0.4, 0.5) is 14.5 Å². The fourth-order valence-electron chi connectivity index (χ4n) is 1.94. The van der Waals surface area contributed by atoms with Crippen LogP contribution in [0.2, 0.25) is 0 Å². The smallest absolute Gasteiger partial charge is 0.231 e. The molecule has 0 bridgehead atoms. The average molecular weight is 286 g/mol. The lowest BCUT2D eigenvalue weighted by molar-refractivity contribution is -0.117.